The molecule has 0 radical (unpaired) electrons. The first-order valence-corrected chi connectivity index (χ1v) is 10.0. The quantitative estimate of drug-likeness (QED) is 0.468. The van der Waals surface area contributed by atoms with Gasteiger partial charge in [-0.05, 0) is 86.7 Å². The Bertz CT molecular complexity index is 944. The maximum absolute atomic E-state index is 8.85. The molecule has 0 aliphatic rings. The second-order valence-corrected chi connectivity index (χ2v) is 7.27. The Morgan fingerprint density at radius 2 is 1.43 bits per heavy atom. The lowest BCUT2D eigenvalue weighted by Crippen LogP contribution is -2.15. The fourth-order valence-corrected chi connectivity index (χ4v) is 2.85. The van der Waals surface area contributed by atoms with Gasteiger partial charge in [0.15, 0.2) is 0 Å². The van der Waals surface area contributed by atoms with Crippen molar-refractivity contribution in [3.05, 3.63) is 83.9 Å². The molecule has 0 heterocycles. The topological polar surface area (TPSA) is 57.5 Å². The molecule has 3 rings (SSSR count). The molecule has 0 aromatic heterocycles. The van der Waals surface area contributed by atoms with Crippen molar-refractivity contribution in [2.24, 2.45) is 0 Å². The van der Waals surface area contributed by atoms with Crippen LogP contribution in [0.25, 0.3) is 0 Å². The molecule has 0 amide bonds. The highest BCUT2D eigenvalue weighted by molar-refractivity contribution is 5.48. The van der Waals surface area contributed by atoms with E-state index in [1.807, 2.05) is 36.4 Å². The van der Waals surface area contributed by atoms with Crippen LogP contribution >= 0.6 is 0 Å². The summed E-state index contributed by atoms with van der Waals surface area (Å²) in [6.45, 7) is 2.49. The van der Waals surface area contributed by atoms with Crippen molar-refractivity contribution in [3.8, 4) is 23.3 Å². The number of hydrogen-bond acceptors (Lipinski definition) is 5. The third-order valence-electron chi connectivity index (χ3n) is 4.51. The minimum absolute atomic E-state index is 0.616. The number of nitriles is 1. The van der Waals surface area contributed by atoms with Crippen molar-refractivity contribution in [2.45, 2.75) is 13.0 Å². The number of nitrogens with one attached hydrogen (secondary N) is 1. The zero-order chi connectivity index (χ0) is 21.2. The molecule has 154 valence electrons. The van der Waals surface area contributed by atoms with Crippen molar-refractivity contribution in [3.63, 3.8) is 0 Å². The zero-order valence-corrected chi connectivity index (χ0v) is 17.5. The zero-order valence-electron chi connectivity index (χ0n) is 17.5. The Hall–Kier alpha value is -3.49. The molecule has 0 bridgehead atoms. The first-order valence-electron chi connectivity index (χ1n) is 10.0. The smallest absolute Gasteiger partial charge is 0.127 e. The highest BCUT2D eigenvalue weighted by Crippen LogP contribution is 2.23. The number of hydrogen-bond donors (Lipinski definition) is 1. The van der Waals surface area contributed by atoms with Crippen LogP contribution in [0.15, 0.2) is 72.8 Å². The predicted octanol–water partition coefficient (Wildman–Crippen LogP) is 5.29. The molecule has 0 fully saturated rings. The minimum Gasteiger partial charge on any atom is -0.494 e. The van der Waals surface area contributed by atoms with Gasteiger partial charge in [0.25, 0.3) is 0 Å². The highest BCUT2D eigenvalue weighted by atomic mass is 16.5. The molecular formula is C25H27N3O2. The fraction of sp³-hybridized carbons (Fsp3) is 0.240. The third-order valence-corrected chi connectivity index (χ3v) is 4.51. The monoisotopic (exact) mass is 401 g/mol. The van der Waals surface area contributed by atoms with Crippen molar-refractivity contribution in [2.75, 3.05) is 32.6 Å². The minimum atomic E-state index is 0.616. The van der Waals surface area contributed by atoms with Crippen LogP contribution in [-0.2, 0) is 6.54 Å². The van der Waals surface area contributed by atoms with E-state index >= 15 is 0 Å². The SMILES string of the molecule is CN(C)CCCOc1ccc(CNc2ccc(Oc3ccc(C#N)cc3)cc2)cc1. The van der Waals surface area contributed by atoms with Crippen LogP contribution < -0.4 is 14.8 Å². The average Bonchev–Trinajstić information content (AvgIpc) is 2.77. The number of ether oxygens (including phenoxy) is 2. The van der Waals surface area contributed by atoms with Gasteiger partial charge in [-0.15, -0.1) is 0 Å². The summed E-state index contributed by atoms with van der Waals surface area (Å²) in [4.78, 5) is 2.16. The molecule has 3 aromatic carbocycles. The van der Waals surface area contributed by atoms with Gasteiger partial charge in [0.05, 0.1) is 18.2 Å². The van der Waals surface area contributed by atoms with Gasteiger partial charge < -0.3 is 19.7 Å². The van der Waals surface area contributed by atoms with Gasteiger partial charge in [-0.25, -0.2) is 0 Å². The van der Waals surface area contributed by atoms with E-state index in [-0.39, 0.29) is 0 Å². The number of anilines is 1. The maximum Gasteiger partial charge on any atom is 0.127 e. The Labute approximate surface area is 178 Å². The van der Waals surface area contributed by atoms with Crippen molar-refractivity contribution in [1.29, 1.82) is 5.26 Å². The third kappa shape index (κ3) is 6.84. The second-order valence-electron chi connectivity index (χ2n) is 7.27. The van der Waals surface area contributed by atoms with Crippen LogP contribution in [0.2, 0.25) is 0 Å². The number of nitrogens with zero attached hydrogens (tertiary/aromatic N) is 2. The summed E-state index contributed by atoms with van der Waals surface area (Å²) in [6.07, 6.45) is 1.02. The average molecular weight is 402 g/mol. The van der Waals surface area contributed by atoms with Gasteiger partial charge in [0, 0.05) is 18.8 Å². The molecule has 0 unspecified atom stereocenters. The predicted molar refractivity (Wildman–Crippen MR) is 120 cm³/mol. The van der Waals surface area contributed by atoms with E-state index in [1.54, 1.807) is 24.3 Å². The standard InChI is InChI=1S/C25H27N3O2/c1-28(2)16-3-17-29-23-10-6-21(7-11-23)19-27-22-8-14-25(15-9-22)30-24-12-4-20(18-26)5-13-24/h4-15,27H,3,16-17,19H2,1-2H3. The molecule has 5 heteroatoms. The van der Waals surface area contributed by atoms with Gasteiger partial charge in [-0.2, -0.15) is 5.26 Å². The summed E-state index contributed by atoms with van der Waals surface area (Å²) in [6, 6.07) is 25.2. The van der Waals surface area contributed by atoms with Gasteiger partial charge in [-0.3, -0.25) is 0 Å². The molecule has 0 saturated carbocycles. The summed E-state index contributed by atoms with van der Waals surface area (Å²) < 4.78 is 11.6. The number of benzene rings is 3. The van der Waals surface area contributed by atoms with E-state index in [2.05, 4.69) is 42.5 Å². The van der Waals surface area contributed by atoms with E-state index in [0.29, 0.717) is 11.3 Å². The Kier molecular flexibility index (Phi) is 7.71. The van der Waals surface area contributed by atoms with Crippen LogP contribution in [0.3, 0.4) is 0 Å². The first kappa shape index (κ1) is 21.2. The largest absolute Gasteiger partial charge is 0.494 e. The van der Waals surface area contributed by atoms with Crippen molar-refractivity contribution < 1.29 is 9.47 Å². The maximum atomic E-state index is 8.85. The Morgan fingerprint density at radius 3 is 2.03 bits per heavy atom. The van der Waals surface area contributed by atoms with E-state index in [9.17, 15) is 0 Å². The molecule has 3 aromatic rings. The normalized spacial score (nSPS) is 10.5. The Morgan fingerprint density at radius 1 is 0.833 bits per heavy atom. The molecule has 0 saturated heterocycles. The summed E-state index contributed by atoms with van der Waals surface area (Å²) in [5, 5.41) is 12.3. The summed E-state index contributed by atoms with van der Waals surface area (Å²) >= 11 is 0. The van der Waals surface area contributed by atoms with E-state index in [4.69, 9.17) is 14.7 Å². The van der Waals surface area contributed by atoms with Crippen LogP contribution in [0.5, 0.6) is 17.2 Å². The molecule has 0 spiro atoms. The van der Waals surface area contributed by atoms with Crippen LogP contribution in [0.4, 0.5) is 5.69 Å². The van der Waals surface area contributed by atoms with Crippen LogP contribution in [0, 0.1) is 11.3 Å². The highest BCUT2D eigenvalue weighted by Gasteiger charge is 2.00. The molecule has 0 aliphatic heterocycles. The summed E-state index contributed by atoms with van der Waals surface area (Å²) in [5.74, 6) is 2.36. The molecule has 0 atom stereocenters. The van der Waals surface area contributed by atoms with Gasteiger partial charge in [0.1, 0.15) is 17.2 Å². The lowest BCUT2D eigenvalue weighted by molar-refractivity contribution is 0.281. The first-order chi connectivity index (χ1) is 14.6. The van der Waals surface area contributed by atoms with Crippen molar-refractivity contribution >= 4 is 5.69 Å². The van der Waals surface area contributed by atoms with E-state index in [0.717, 1.165) is 43.3 Å². The van der Waals surface area contributed by atoms with Crippen LogP contribution in [-0.4, -0.2) is 32.1 Å². The van der Waals surface area contributed by atoms with E-state index in [1.165, 1.54) is 5.56 Å². The summed E-state index contributed by atoms with van der Waals surface area (Å²) in [7, 11) is 4.13. The molecule has 30 heavy (non-hydrogen) atoms. The Balaban J connectivity index is 1.44. The molecule has 5 nitrogen and oxygen atoms in total. The lowest BCUT2D eigenvalue weighted by Gasteiger charge is -2.11. The van der Waals surface area contributed by atoms with Crippen molar-refractivity contribution in [1.82, 2.24) is 4.90 Å². The fourth-order valence-electron chi connectivity index (χ4n) is 2.85. The van der Waals surface area contributed by atoms with Gasteiger partial charge in [-0.1, -0.05) is 12.1 Å². The number of rotatable bonds is 10. The van der Waals surface area contributed by atoms with Gasteiger partial charge in [0.2, 0.25) is 0 Å². The molecule has 0 aliphatic carbocycles. The second kappa shape index (κ2) is 10.9. The van der Waals surface area contributed by atoms with Gasteiger partial charge >= 0.3 is 0 Å². The van der Waals surface area contributed by atoms with Crippen LogP contribution in [0.1, 0.15) is 17.5 Å². The molecular weight excluding hydrogens is 374 g/mol. The summed E-state index contributed by atoms with van der Waals surface area (Å²) in [5.41, 5.74) is 2.82. The van der Waals surface area contributed by atoms with E-state index < -0.39 is 0 Å². The lowest BCUT2D eigenvalue weighted by atomic mass is 10.2. The molecule has 1 N–H and O–H groups in total.